The van der Waals surface area contributed by atoms with Crippen LogP contribution in [-0.2, 0) is 0 Å². The highest BCUT2D eigenvalue weighted by molar-refractivity contribution is 6.53. The number of hydrogen-bond donors (Lipinski definition) is 0. The number of allylic oxidation sites excluding steroid dienone is 1. The lowest BCUT2D eigenvalue weighted by atomic mass is 10.4. The Hall–Kier alpha value is -0.823. The van der Waals surface area contributed by atoms with Crippen LogP contribution in [0.2, 0.25) is 6.04 Å². The average Bonchev–Trinajstić information content (AvgIpc) is 2.03. The van der Waals surface area contributed by atoms with Crippen LogP contribution in [0.25, 0.3) is 0 Å². The zero-order valence-electron chi connectivity index (χ0n) is 5.96. The van der Waals surface area contributed by atoms with E-state index in [1.54, 1.807) is 0 Å². The first-order valence-electron chi connectivity index (χ1n) is 3.42. The van der Waals surface area contributed by atoms with Crippen molar-refractivity contribution in [2.24, 2.45) is 0 Å². The minimum Gasteiger partial charge on any atom is -0.103 e. The SMILES string of the molecule is C=CC[SiH]c1ccccc1. The molecule has 0 nitrogen and oxygen atoms in total. The highest BCUT2D eigenvalue weighted by atomic mass is 28.2. The maximum absolute atomic E-state index is 3.70. The summed E-state index contributed by atoms with van der Waals surface area (Å²) in [7, 11) is 0.428. The van der Waals surface area contributed by atoms with Gasteiger partial charge in [0.05, 0.1) is 9.52 Å². The molecule has 0 aromatic heterocycles. The van der Waals surface area contributed by atoms with Crippen molar-refractivity contribution in [1.82, 2.24) is 0 Å². The van der Waals surface area contributed by atoms with Crippen LogP contribution in [0.1, 0.15) is 0 Å². The minimum absolute atomic E-state index is 0.428. The monoisotopic (exact) mass is 147 g/mol. The Morgan fingerprint density at radius 3 is 2.60 bits per heavy atom. The molecule has 0 aliphatic carbocycles. The van der Waals surface area contributed by atoms with E-state index in [-0.39, 0.29) is 0 Å². The third kappa shape index (κ3) is 2.19. The fourth-order valence-corrected chi connectivity index (χ4v) is 1.74. The average molecular weight is 147 g/mol. The van der Waals surface area contributed by atoms with Gasteiger partial charge in [0.25, 0.3) is 0 Å². The fourth-order valence-electron chi connectivity index (χ4n) is 0.809. The van der Waals surface area contributed by atoms with Crippen LogP contribution in [0.4, 0.5) is 0 Å². The van der Waals surface area contributed by atoms with E-state index in [0.29, 0.717) is 9.52 Å². The topological polar surface area (TPSA) is 0 Å². The van der Waals surface area contributed by atoms with Crippen molar-refractivity contribution in [2.75, 3.05) is 0 Å². The van der Waals surface area contributed by atoms with Gasteiger partial charge in [0, 0.05) is 0 Å². The second kappa shape index (κ2) is 4.07. The van der Waals surface area contributed by atoms with Crippen LogP contribution < -0.4 is 5.19 Å². The molecule has 0 spiro atoms. The first-order chi connectivity index (χ1) is 4.93. The van der Waals surface area contributed by atoms with Gasteiger partial charge in [-0.3, -0.25) is 0 Å². The second-order valence-electron chi connectivity index (χ2n) is 2.14. The first-order valence-corrected chi connectivity index (χ1v) is 4.82. The van der Waals surface area contributed by atoms with Crippen LogP contribution in [0.3, 0.4) is 0 Å². The lowest BCUT2D eigenvalue weighted by Crippen LogP contribution is -2.11. The smallest absolute Gasteiger partial charge is 0.0707 e. The summed E-state index contributed by atoms with van der Waals surface area (Å²) in [6.07, 6.45) is 1.99. The predicted molar refractivity (Wildman–Crippen MR) is 48.2 cm³/mol. The molecular formula is C9H11Si. The summed E-state index contributed by atoms with van der Waals surface area (Å²) < 4.78 is 0. The summed E-state index contributed by atoms with van der Waals surface area (Å²) in [4.78, 5) is 0. The van der Waals surface area contributed by atoms with E-state index in [4.69, 9.17) is 0 Å². The van der Waals surface area contributed by atoms with E-state index in [0.717, 1.165) is 6.04 Å². The zero-order chi connectivity index (χ0) is 7.23. The second-order valence-corrected chi connectivity index (χ2v) is 3.69. The van der Waals surface area contributed by atoms with Crippen LogP contribution in [-0.4, -0.2) is 9.52 Å². The summed E-state index contributed by atoms with van der Waals surface area (Å²) in [5, 5.41) is 1.47. The zero-order valence-corrected chi connectivity index (χ0v) is 7.11. The summed E-state index contributed by atoms with van der Waals surface area (Å²) in [6, 6.07) is 11.7. The maximum Gasteiger partial charge on any atom is 0.0707 e. The molecule has 10 heavy (non-hydrogen) atoms. The third-order valence-corrected chi connectivity index (χ3v) is 2.75. The lowest BCUT2D eigenvalue weighted by molar-refractivity contribution is 1.69. The molecule has 0 N–H and O–H groups in total. The predicted octanol–water partition coefficient (Wildman–Crippen LogP) is 1.35. The van der Waals surface area contributed by atoms with Crippen LogP contribution >= 0.6 is 0 Å². The minimum atomic E-state index is 0.428. The van der Waals surface area contributed by atoms with Gasteiger partial charge in [0.15, 0.2) is 0 Å². The van der Waals surface area contributed by atoms with E-state index < -0.39 is 0 Å². The molecule has 1 aromatic rings. The van der Waals surface area contributed by atoms with Gasteiger partial charge in [-0.05, 0) is 6.04 Å². The van der Waals surface area contributed by atoms with Gasteiger partial charge in [0.1, 0.15) is 0 Å². The molecule has 0 unspecified atom stereocenters. The number of rotatable bonds is 3. The van der Waals surface area contributed by atoms with Crippen molar-refractivity contribution in [2.45, 2.75) is 6.04 Å². The maximum atomic E-state index is 3.70. The van der Waals surface area contributed by atoms with Crippen molar-refractivity contribution in [3.8, 4) is 0 Å². The number of hydrogen-bond acceptors (Lipinski definition) is 0. The highest BCUT2D eigenvalue weighted by Crippen LogP contribution is 1.84. The standard InChI is InChI=1S/C9H11Si/c1-2-8-10-9-6-4-3-5-7-9/h2-7,10H,1,8H2. The Balaban J connectivity index is 2.50. The molecule has 0 amide bonds. The van der Waals surface area contributed by atoms with Crippen molar-refractivity contribution >= 4 is 14.7 Å². The van der Waals surface area contributed by atoms with Gasteiger partial charge in [0.2, 0.25) is 0 Å². The molecule has 0 aliphatic rings. The Kier molecular flexibility index (Phi) is 2.96. The molecule has 0 atom stereocenters. The van der Waals surface area contributed by atoms with E-state index in [1.165, 1.54) is 5.19 Å². The molecule has 0 aliphatic heterocycles. The number of benzene rings is 1. The molecular weight excluding hydrogens is 136 g/mol. The third-order valence-electron chi connectivity index (χ3n) is 1.32. The summed E-state index contributed by atoms with van der Waals surface area (Å²) in [6.45, 7) is 3.70. The molecule has 1 rings (SSSR count). The summed E-state index contributed by atoms with van der Waals surface area (Å²) >= 11 is 0. The van der Waals surface area contributed by atoms with Gasteiger partial charge in [-0.15, -0.1) is 6.58 Å². The quantitative estimate of drug-likeness (QED) is 0.447. The van der Waals surface area contributed by atoms with Crippen molar-refractivity contribution in [3.05, 3.63) is 43.0 Å². The lowest BCUT2D eigenvalue weighted by Gasteiger charge is -1.93. The van der Waals surface area contributed by atoms with E-state index in [9.17, 15) is 0 Å². The highest BCUT2D eigenvalue weighted by Gasteiger charge is 1.87. The van der Waals surface area contributed by atoms with Gasteiger partial charge >= 0.3 is 0 Å². The van der Waals surface area contributed by atoms with E-state index in [1.807, 2.05) is 6.08 Å². The molecule has 1 heteroatoms. The van der Waals surface area contributed by atoms with Gasteiger partial charge in [-0.1, -0.05) is 41.6 Å². The molecule has 0 fully saturated rings. The van der Waals surface area contributed by atoms with E-state index >= 15 is 0 Å². The molecule has 1 radical (unpaired) electrons. The molecule has 0 bridgehead atoms. The van der Waals surface area contributed by atoms with Crippen LogP contribution in [0.15, 0.2) is 43.0 Å². The molecule has 0 saturated heterocycles. The Morgan fingerprint density at radius 2 is 2.00 bits per heavy atom. The van der Waals surface area contributed by atoms with Crippen molar-refractivity contribution in [3.63, 3.8) is 0 Å². The van der Waals surface area contributed by atoms with Crippen molar-refractivity contribution in [1.29, 1.82) is 0 Å². The molecule has 0 heterocycles. The van der Waals surface area contributed by atoms with Gasteiger partial charge < -0.3 is 0 Å². The van der Waals surface area contributed by atoms with Crippen molar-refractivity contribution < 1.29 is 0 Å². The fraction of sp³-hybridized carbons (Fsp3) is 0.111. The van der Waals surface area contributed by atoms with Crippen LogP contribution in [0, 0.1) is 0 Å². The molecule has 51 valence electrons. The molecule has 0 saturated carbocycles. The normalized spacial score (nSPS) is 9.20. The first kappa shape index (κ1) is 7.29. The molecule has 1 aromatic carbocycles. The summed E-state index contributed by atoms with van der Waals surface area (Å²) in [5.74, 6) is 0. The summed E-state index contributed by atoms with van der Waals surface area (Å²) in [5.41, 5.74) is 0. The van der Waals surface area contributed by atoms with E-state index in [2.05, 4.69) is 36.9 Å². The Bertz CT molecular complexity index is 191. The van der Waals surface area contributed by atoms with Gasteiger partial charge in [-0.25, -0.2) is 0 Å². The van der Waals surface area contributed by atoms with Gasteiger partial charge in [-0.2, -0.15) is 0 Å². The Morgan fingerprint density at radius 1 is 1.30 bits per heavy atom. The largest absolute Gasteiger partial charge is 0.103 e. The Labute approximate surface area is 64.4 Å². The van der Waals surface area contributed by atoms with Crippen LogP contribution in [0.5, 0.6) is 0 Å².